The monoisotopic (exact) mass is 846 g/mol. The number of rotatable bonds is 45. The van der Waals surface area contributed by atoms with Gasteiger partial charge in [-0.25, -0.2) is 9.36 Å². The second-order valence-electron chi connectivity index (χ2n) is 16.3. The van der Waals surface area contributed by atoms with E-state index in [1.807, 2.05) is 0 Å². The summed E-state index contributed by atoms with van der Waals surface area (Å²) in [5, 5.41) is 21.8. The second-order valence-corrected chi connectivity index (χ2v) is 17.8. The van der Waals surface area contributed by atoms with Crippen molar-refractivity contribution in [2.75, 3.05) is 19.8 Å². The van der Waals surface area contributed by atoms with Gasteiger partial charge < -0.3 is 25.2 Å². The average molecular weight is 846 g/mol. The summed E-state index contributed by atoms with van der Waals surface area (Å²) in [5.74, 6) is -2.36. The maximum absolute atomic E-state index is 12.3. The van der Waals surface area contributed by atoms with Crippen molar-refractivity contribution in [3.05, 3.63) is 12.2 Å². The summed E-state index contributed by atoms with van der Waals surface area (Å²) in [5.41, 5.74) is 0. The fourth-order valence-corrected chi connectivity index (χ4v) is 7.61. The fourth-order valence-electron chi connectivity index (χ4n) is 6.84. The number of nitrogens with one attached hydrogen (secondary N) is 1. The van der Waals surface area contributed by atoms with Crippen molar-refractivity contribution in [3.63, 3.8) is 0 Å². The van der Waals surface area contributed by atoms with Crippen molar-refractivity contribution in [1.29, 1.82) is 0 Å². The lowest BCUT2D eigenvalue weighted by Gasteiger charge is -2.18. The average Bonchev–Trinajstić information content (AvgIpc) is 3.20. The Balaban J connectivity index is 3.80. The first-order chi connectivity index (χ1) is 28.1. The number of aliphatic hydroxyl groups excluding tert-OH is 1. The number of esters is 1. The summed E-state index contributed by atoms with van der Waals surface area (Å²) in [7, 11) is -4.75. The molecule has 0 rings (SSSR count). The van der Waals surface area contributed by atoms with E-state index in [9.17, 15) is 34.1 Å². The first kappa shape index (κ1) is 56.2. The molecular weight excluding hydrogens is 757 g/mol. The van der Waals surface area contributed by atoms with Crippen LogP contribution >= 0.6 is 7.82 Å². The van der Waals surface area contributed by atoms with Crippen molar-refractivity contribution >= 4 is 25.7 Å². The number of phosphoric ester groups is 1. The molecule has 58 heavy (non-hydrogen) atoms. The molecular formula is C46H88NO10P. The molecule has 0 saturated carbocycles. The number of carbonyl (C=O) groups is 3. The number of unbranched alkanes of at least 4 members (excludes halogenated alkanes) is 29. The molecule has 3 unspecified atom stereocenters. The number of carboxylic acid groups (broad SMARTS) is 1. The lowest BCUT2D eigenvalue weighted by molar-refractivity contribution is -0.147. The number of allylic oxidation sites excluding steroid dienone is 2. The standard InChI is InChI=1S/C46H88NO10P/c1-3-5-7-9-11-13-15-17-18-19-20-21-22-23-24-26-28-30-32-34-36-38-45(50)55-39-42(48)40-56-58(53,54)57-41-43(46(51)52)47-44(49)37-35-33-31-29-27-25-16-14-12-10-8-6-4-2/h17-18,42-43,48H,3-16,19-41H2,1-2H3,(H,47,49)(H,51,52)(H,53,54)/b18-17+. The molecule has 0 aliphatic rings. The van der Waals surface area contributed by atoms with Crippen LogP contribution in [0.3, 0.4) is 0 Å². The van der Waals surface area contributed by atoms with E-state index in [0.29, 0.717) is 12.8 Å². The Kier molecular flexibility index (Phi) is 40.6. The maximum atomic E-state index is 12.3. The third-order valence-corrected chi connectivity index (χ3v) is 11.5. The molecule has 3 atom stereocenters. The number of aliphatic hydroxyl groups is 1. The largest absolute Gasteiger partial charge is 0.480 e. The van der Waals surface area contributed by atoms with Crippen molar-refractivity contribution in [3.8, 4) is 0 Å². The minimum Gasteiger partial charge on any atom is -0.480 e. The Hall–Kier alpha value is -1.78. The van der Waals surface area contributed by atoms with Crippen molar-refractivity contribution in [2.24, 2.45) is 0 Å². The lowest BCUT2D eigenvalue weighted by atomic mass is 10.0. The molecule has 0 aromatic rings. The highest BCUT2D eigenvalue weighted by molar-refractivity contribution is 7.47. The summed E-state index contributed by atoms with van der Waals surface area (Å²) in [6.45, 7) is 2.61. The Labute approximate surface area is 354 Å². The SMILES string of the molecule is CCCCCCCC/C=C/CCCCCCCCCCCCCC(=O)OCC(O)COP(=O)(O)OCC(NC(=O)CCCCCCCCCCCCCCC)C(=O)O. The molecule has 0 fully saturated rings. The Bertz CT molecular complexity index is 1040. The van der Waals surface area contributed by atoms with Crippen molar-refractivity contribution in [2.45, 2.75) is 244 Å². The minimum absolute atomic E-state index is 0.151. The first-order valence-corrected chi connectivity index (χ1v) is 25.2. The molecule has 0 aromatic heterocycles. The van der Waals surface area contributed by atoms with Gasteiger partial charge in [-0.1, -0.05) is 193 Å². The molecule has 0 aliphatic carbocycles. The highest BCUT2D eigenvalue weighted by Crippen LogP contribution is 2.43. The molecule has 0 spiro atoms. The fraction of sp³-hybridized carbons (Fsp3) is 0.891. The zero-order valence-corrected chi connectivity index (χ0v) is 38.0. The molecule has 0 saturated heterocycles. The van der Waals surface area contributed by atoms with Crippen molar-refractivity contribution in [1.82, 2.24) is 5.32 Å². The molecule has 1 amide bonds. The summed E-state index contributed by atoms with van der Waals surface area (Å²) in [4.78, 5) is 45.9. The molecule has 4 N–H and O–H groups in total. The van der Waals surface area contributed by atoms with Gasteiger partial charge in [-0.3, -0.25) is 18.6 Å². The highest BCUT2D eigenvalue weighted by Gasteiger charge is 2.28. The Morgan fingerprint density at radius 2 is 0.897 bits per heavy atom. The molecule has 0 heterocycles. The quantitative estimate of drug-likeness (QED) is 0.0200. The zero-order valence-electron chi connectivity index (χ0n) is 37.1. The summed E-state index contributed by atoms with van der Waals surface area (Å²) in [6, 6.07) is -1.54. The van der Waals surface area contributed by atoms with Gasteiger partial charge in [0.05, 0.1) is 13.2 Å². The third-order valence-electron chi connectivity index (χ3n) is 10.6. The van der Waals surface area contributed by atoms with Gasteiger partial charge in [-0.2, -0.15) is 0 Å². The Morgan fingerprint density at radius 3 is 1.31 bits per heavy atom. The minimum atomic E-state index is -4.75. The number of hydrogen-bond acceptors (Lipinski definition) is 8. The third kappa shape index (κ3) is 41.0. The van der Waals surface area contributed by atoms with Crippen LogP contribution in [-0.4, -0.2) is 64.9 Å². The van der Waals surface area contributed by atoms with E-state index in [-0.39, 0.29) is 12.8 Å². The predicted octanol–water partition coefficient (Wildman–Crippen LogP) is 12.5. The van der Waals surface area contributed by atoms with E-state index in [4.69, 9.17) is 13.8 Å². The number of carbonyl (C=O) groups excluding carboxylic acids is 2. The number of phosphoric acid groups is 1. The van der Waals surface area contributed by atoms with Gasteiger partial charge in [0.25, 0.3) is 0 Å². The van der Waals surface area contributed by atoms with Gasteiger partial charge in [-0.05, 0) is 38.5 Å². The number of carboxylic acids is 1. The number of ether oxygens (including phenoxy) is 1. The van der Waals surface area contributed by atoms with E-state index in [1.165, 1.54) is 154 Å². The van der Waals surface area contributed by atoms with Gasteiger partial charge >= 0.3 is 19.8 Å². The molecule has 0 aromatic carbocycles. The lowest BCUT2D eigenvalue weighted by Crippen LogP contribution is -2.43. The smallest absolute Gasteiger partial charge is 0.472 e. The van der Waals surface area contributed by atoms with Crippen LogP contribution in [0.25, 0.3) is 0 Å². The summed E-state index contributed by atoms with van der Waals surface area (Å²) >= 11 is 0. The van der Waals surface area contributed by atoms with E-state index in [1.54, 1.807) is 0 Å². The molecule has 12 heteroatoms. The molecule has 0 aliphatic heterocycles. The topological polar surface area (TPSA) is 169 Å². The normalized spacial score (nSPS) is 13.7. The second kappa shape index (κ2) is 41.9. The number of aliphatic carboxylic acids is 1. The van der Waals surface area contributed by atoms with E-state index < -0.39 is 57.6 Å². The van der Waals surface area contributed by atoms with E-state index in [0.717, 1.165) is 38.5 Å². The summed E-state index contributed by atoms with van der Waals surface area (Å²) < 4.78 is 26.9. The molecule has 342 valence electrons. The maximum Gasteiger partial charge on any atom is 0.472 e. The van der Waals surface area contributed by atoms with Gasteiger partial charge in [0.2, 0.25) is 5.91 Å². The Morgan fingerprint density at radius 1 is 0.534 bits per heavy atom. The molecule has 0 radical (unpaired) electrons. The van der Waals surface area contributed by atoms with Crippen LogP contribution in [-0.2, 0) is 32.7 Å². The predicted molar refractivity (Wildman–Crippen MR) is 236 cm³/mol. The van der Waals surface area contributed by atoms with Crippen LogP contribution in [0, 0.1) is 0 Å². The van der Waals surface area contributed by atoms with Gasteiger partial charge in [0.1, 0.15) is 12.7 Å². The molecule has 11 nitrogen and oxygen atoms in total. The zero-order chi connectivity index (χ0) is 42.8. The van der Waals surface area contributed by atoms with Crippen LogP contribution in [0.4, 0.5) is 0 Å². The van der Waals surface area contributed by atoms with Crippen LogP contribution in [0.5, 0.6) is 0 Å². The van der Waals surface area contributed by atoms with Gasteiger partial charge in [-0.15, -0.1) is 0 Å². The van der Waals surface area contributed by atoms with Crippen LogP contribution in [0.1, 0.15) is 232 Å². The van der Waals surface area contributed by atoms with Gasteiger partial charge in [0, 0.05) is 12.8 Å². The van der Waals surface area contributed by atoms with Gasteiger partial charge in [0.15, 0.2) is 6.04 Å². The van der Waals surface area contributed by atoms with E-state index in [2.05, 4.69) is 31.3 Å². The van der Waals surface area contributed by atoms with Crippen molar-refractivity contribution < 1.29 is 47.8 Å². The van der Waals surface area contributed by atoms with E-state index >= 15 is 0 Å². The first-order valence-electron chi connectivity index (χ1n) is 23.7. The number of amides is 1. The van der Waals surface area contributed by atoms with Crippen LogP contribution in [0.2, 0.25) is 0 Å². The highest BCUT2D eigenvalue weighted by atomic mass is 31.2. The van der Waals surface area contributed by atoms with Crippen LogP contribution < -0.4 is 5.32 Å². The number of hydrogen-bond donors (Lipinski definition) is 4. The summed E-state index contributed by atoms with van der Waals surface area (Å²) in [6.07, 6.45) is 42.4. The molecule has 0 bridgehead atoms. The van der Waals surface area contributed by atoms with Crippen LogP contribution in [0.15, 0.2) is 12.2 Å².